The van der Waals surface area contributed by atoms with E-state index in [4.69, 9.17) is 10.5 Å². The molecule has 2 fully saturated rings. The largest absolute Gasteiger partial charge is 0.384 e. The fourth-order valence-corrected chi connectivity index (χ4v) is 4.12. The van der Waals surface area contributed by atoms with Crippen LogP contribution >= 0.6 is 0 Å². The highest BCUT2D eigenvalue weighted by atomic mass is 19.1. The summed E-state index contributed by atoms with van der Waals surface area (Å²) in [4.78, 5) is 2.10. The van der Waals surface area contributed by atoms with Crippen LogP contribution in [0.1, 0.15) is 45.1 Å². The molecule has 2 atom stereocenters. The number of nitrogens with two attached hydrogens (primary N) is 1. The number of nitrogens with zero attached hydrogens (tertiary/aromatic N) is 1. The number of morpholine rings is 1. The highest BCUT2D eigenvalue weighted by Gasteiger charge is 2.25. The Kier molecular flexibility index (Phi) is 5.85. The summed E-state index contributed by atoms with van der Waals surface area (Å²) in [6.45, 7) is 8.50. The van der Waals surface area contributed by atoms with Crippen LogP contribution < -0.4 is 16.0 Å². The highest BCUT2D eigenvalue weighted by molar-refractivity contribution is 5.61. The maximum absolute atomic E-state index is 14.7. The molecular formula is C20H32FN3O. The standard InChI is InChI=1S/C20H32FN3O/c1-13-8-20(24-11-14(2)25-15(3)12-24)18(21)9-19(13)23-10-16-4-6-17(22)7-5-16/h8-9,14-17,23H,4-7,10-12,22H2,1-3H3/t14?,15?,16-,17-. The lowest BCUT2D eigenvalue weighted by atomic mass is 9.86. The first-order valence-corrected chi connectivity index (χ1v) is 9.62. The van der Waals surface area contributed by atoms with Gasteiger partial charge in [0.15, 0.2) is 0 Å². The van der Waals surface area contributed by atoms with E-state index in [1.807, 2.05) is 19.9 Å². The molecule has 1 aliphatic heterocycles. The molecule has 1 saturated heterocycles. The third-order valence-electron chi connectivity index (χ3n) is 5.53. The number of benzene rings is 1. The summed E-state index contributed by atoms with van der Waals surface area (Å²) in [5, 5.41) is 3.46. The topological polar surface area (TPSA) is 50.5 Å². The summed E-state index contributed by atoms with van der Waals surface area (Å²) < 4.78 is 20.5. The summed E-state index contributed by atoms with van der Waals surface area (Å²) in [7, 11) is 0. The van der Waals surface area contributed by atoms with Gasteiger partial charge in [-0.25, -0.2) is 4.39 Å². The molecule has 3 N–H and O–H groups in total. The van der Waals surface area contributed by atoms with Gasteiger partial charge >= 0.3 is 0 Å². The van der Waals surface area contributed by atoms with Crippen LogP contribution in [0.3, 0.4) is 0 Å². The Balaban J connectivity index is 1.65. The van der Waals surface area contributed by atoms with Crippen molar-refractivity contribution in [3.63, 3.8) is 0 Å². The first-order chi connectivity index (χ1) is 11.9. The average molecular weight is 349 g/mol. The molecule has 0 spiro atoms. The van der Waals surface area contributed by atoms with E-state index in [2.05, 4.69) is 17.1 Å². The summed E-state index contributed by atoms with van der Waals surface area (Å²) in [5.41, 5.74) is 8.66. The Bertz CT molecular complexity index is 577. The van der Waals surface area contributed by atoms with Crippen LogP contribution in [0.15, 0.2) is 12.1 Å². The predicted octanol–water partition coefficient (Wildman–Crippen LogP) is 3.68. The lowest BCUT2D eigenvalue weighted by Gasteiger charge is -2.37. The van der Waals surface area contributed by atoms with Crippen LogP contribution in [0, 0.1) is 18.7 Å². The monoisotopic (exact) mass is 349 g/mol. The second-order valence-electron chi connectivity index (χ2n) is 7.94. The van der Waals surface area contributed by atoms with E-state index < -0.39 is 0 Å². The second kappa shape index (κ2) is 7.92. The van der Waals surface area contributed by atoms with E-state index >= 15 is 0 Å². The zero-order valence-electron chi connectivity index (χ0n) is 15.7. The van der Waals surface area contributed by atoms with Crippen molar-refractivity contribution >= 4 is 11.4 Å². The molecule has 1 aromatic rings. The molecule has 0 aromatic heterocycles. The lowest BCUT2D eigenvalue weighted by molar-refractivity contribution is -0.00539. The van der Waals surface area contributed by atoms with Gasteiger partial charge in [-0.05, 0) is 70.1 Å². The Labute approximate surface area is 150 Å². The van der Waals surface area contributed by atoms with E-state index in [0.717, 1.165) is 56.6 Å². The predicted molar refractivity (Wildman–Crippen MR) is 102 cm³/mol. The Morgan fingerprint density at radius 1 is 1.16 bits per heavy atom. The molecule has 140 valence electrons. The van der Waals surface area contributed by atoms with E-state index in [0.29, 0.717) is 17.6 Å². The number of rotatable bonds is 4. The maximum Gasteiger partial charge on any atom is 0.148 e. The number of nitrogens with one attached hydrogen (secondary N) is 1. The van der Waals surface area contributed by atoms with Crippen LogP contribution in [-0.4, -0.2) is 37.9 Å². The maximum atomic E-state index is 14.7. The van der Waals surface area contributed by atoms with Crippen LogP contribution in [-0.2, 0) is 4.74 Å². The molecule has 5 heteroatoms. The van der Waals surface area contributed by atoms with E-state index in [-0.39, 0.29) is 18.0 Å². The number of hydrogen-bond acceptors (Lipinski definition) is 4. The van der Waals surface area contributed by atoms with E-state index in [1.165, 1.54) is 0 Å². The Hall–Kier alpha value is -1.33. The molecule has 3 rings (SSSR count). The van der Waals surface area contributed by atoms with Gasteiger partial charge in [0.25, 0.3) is 0 Å². The molecule has 1 aliphatic carbocycles. The molecule has 25 heavy (non-hydrogen) atoms. The summed E-state index contributed by atoms with van der Waals surface area (Å²) in [6.07, 6.45) is 4.78. The lowest BCUT2D eigenvalue weighted by Crippen LogP contribution is -2.45. The summed E-state index contributed by atoms with van der Waals surface area (Å²) in [6, 6.07) is 4.00. The van der Waals surface area contributed by atoms with Gasteiger partial charge in [-0.3, -0.25) is 0 Å². The van der Waals surface area contributed by atoms with Crippen molar-refractivity contribution in [1.29, 1.82) is 0 Å². The fourth-order valence-electron chi connectivity index (χ4n) is 4.12. The van der Waals surface area contributed by atoms with Gasteiger partial charge in [0.1, 0.15) is 5.82 Å². The Morgan fingerprint density at radius 3 is 2.44 bits per heavy atom. The third-order valence-corrected chi connectivity index (χ3v) is 5.53. The van der Waals surface area contributed by atoms with Gasteiger partial charge in [-0.15, -0.1) is 0 Å². The van der Waals surface area contributed by atoms with Crippen molar-refractivity contribution in [2.75, 3.05) is 29.9 Å². The van der Waals surface area contributed by atoms with E-state index in [9.17, 15) is 4.39 Å². The minimum Gasteiger partial charge on any atom is -0.384 e. The minimum absolute atomic E-state index is 0.124. The molecule has 1 aromatic carbocycles. The van der Waals surface area contributed by atoms with Crippen LogP contribution in [0.4, 0.5) is 15.8 Å². The molecule has 0 bridgehead atoms. The quantitative estimate of drug-likeness (QED) is 0.871. The number of anilines is 2. The van der Waals surface area contributed by atoms with Crippen molar-refractivity contribution in [2.45, 2.75) is 64.7 Å². The molecule has 0 amide bonds. The van der Waals surface area contributed by atoms with Gasteiger partial charge < -0.3 is 20.7 Å². The first-order valence-electron chi connectivity index (χ1n) is 9.62. The third kappa shape index (κ3) is 4.64. The number of hydrogen-bond donors (Lipinski definition) is 2. The Morgan fingerprint density at radius 2 is 1.80 bits per heavy atom. The van der Waals surface area contributed by atoms with Gasteiger partial charge in [0.2, 0.25) is 0 Å². The van der Waals surface area contributed by atoms with Crippen molar-refractivity contribution < 1.29 is 9.13 Å². The number of ether oxygens (including phenoxy) is 1. The summed E-state index contributed by atoms with van der Waals surface area (Å²) >= 11 is 0. The smallest absolute Gasteiger partial charge is 0.148 e. The molecular weight excluding hydrogens is 317 g/mol. The minimum atomic E-state index is -0.153. The normalized spacial score (nSPS) is 30.4. The molecule has 1 saturated carbocycles. The number of aryl methyl sites for hydroxylation is 1. The second-order valence-corrected chi connectivity index (χ2v) is 7.94. The molecule has 2 unspecified atom stereocenters. The fraction of sp³-hybridized carbons (Fsp3) is 0.700. The van der Waals surface area contributed by atoms with Gasteiger partial charge in [-0.2, -0.15) is 0 Å². The van der Waals surface area contributed by atoms with Crippen molar-refractivity contribution in [1.82, 2.24) is 0 Å². The van der Waals surface area contributed by atoms with Crippen molar-refractivity contribution in [3.05, 3.63) is 23.5 Å². The SMILES string of the molecule is Cc1cc(N2CC(C)OC(C)C2)c(F)cc1NC[C@H]1CC[C@H](N)CC1. The molecule has 2 aliphatic rings. The van der Waals surface area contributed by atoms with Gasteiger partial charge in [0.05, 0.1) is 17.9 Å². The molecule has 1 heterocycles. The van der Waals surface area contributed by atoms with Crippen LogP contribution in [0.5, 0.6) is 0 Å². The summed E-state index contributed by atoms with van der Waals surface area (Å²) in [5.74, 6) is 0.489. The van der Waals surface area contributed by atoms with Gasteiger partial charge in [-0.1, -0.05) is 0 Å². The molecule has 4 nitrogen and oxygen atoms in total. The first kappa shape index (κ1) is 18.5. The molecule has 0 radical (unpaired) electrons. The van der Waals surface area contributed by atoms with Crippen LogP contribution in [0.25, 0.3) is 0 Å². The average Bonchev–Trinajstić information content (AvgIpc) is 2.56. The van der Waals surface area contributed by atoms with Gasteiger partial charge in [0, 0.05) is 31.4 Å². The van der Waals surface area contributed by atoms with E-state index in [1.54, 1.807) is 6.07 Å². The highest BCUT2D eigenvalue weighted by Crippen LogP contribution is 2.30. The van der Waals surface area contributed by atoms with Crippen LogP contribution in [0.2, 0.25) is 0 Å². The number of halogens is 1. The van der Waals surface area contributed by atoms with Crippen molar-refractivity contribution in [2.24, 2.45) is 11.7 Å². The zero-order chi connectivity index (χ0) is 18.0. The zero-order valence-corrected chi connectivity index (χ0v) is 15.7. The van der Waals surface area contributed by atoms with Crippen molar-refractivity contribution in [3.8, 4) is 0 Å².